The number of aromatic nitrogens is 3. The van der Waals surface area contributed by atoms with Gasteiger partial charge in [-0.3, -0.25) is 9.52 Å². The van der Waals surface area contributed by atoms with E-state index in [0.29, 0.717) is 75.7 Å². The number of ether oxygens (including phenoxy) is 3. The molecule has 56 heavy (non-hydrogen) atoms. The van der Waals surface area contributed by atoms with Crippen molar-refractivity contribution in [2.75, 3.05) is 25.5 Å². The molecule has 2 aromatic heterocycles. The zero-order valence-corrected chi connectivity index (χ0v) is 31.4. The molecule has 0 saturated heterocycles. The van der Waals surface area contributed by atoms with E-state index in [1.54, 1.807) is 24.3 Å². The van der Waals surface area contributed by atoms with E-state index in [2.05, 4.69) is 23.8 Å². The standard InChI is InChI=1S/C38H32F3N5O8S2/c1-4-54-19-20-13-30(52-2)33(31(14-20)53-3)26-10-7-23(35-36(26)45-55-44-35)15-29(38(48)49)43-37(47)34-27(39)17-24(18-28(34)40)46-56(50,51)25-8-5-21(6-9-25)22-11-12-42-32(41)16-22/h5-14,16-18,29,46H,4,15,19H2,1-3H3,(H,43,47)(H,48,49). The Hall–Kier alpha value is -6.11. The number of nitrogens with one attached hydrogen (secondary N) is 2. The van der Waals surface area contributed by atoms with E-state index >= 15 is 8.78 Å². The van der Waals surface area contributed by atoms with Crippen molar-refractivity contribution in [2.45, 2.75) is 30.9 Å². The normalized spacial score (nSPS) is 12.0. The molecule has 6 aromatic rings. The molecule has 0 fully saturated rings. The highest BCUT2D eigenvalue weighted by Crippen LogP contribution is 2.43. The van der Waals surface area contributed by atoms with Crippen LogP contribution >= 0.6 is 11.7 Å². The molecule has 0 radical (unpaired) electrons. The van der Waals surface area contributed by atoms with Crippen molar-refractivity contribution in [1.29, 1.82) is 0 Å². The van der Waals surface area contributed by atoms with Crippen LogP contribution in [0, 0.1) is 17.6 Å². The summed E-state index contributed by atoms with van der Waals surface area (Å²) in [6.07, 6.45) is 0.907. The Labute approximate surface area is 322 Å². The maximum absolute atomic E-state index is 15.3. The van der Waals surface area contributed by atoms with Crippen LogP contribution in [0.25, 0.3) is 33.3 Å². The predicted molar refractivity (Wildman–Crippen MR) is 201 cm³/mol. The van der Waals surface area contributed by atoms with Gasteiger partial charge >= 0.3 is 5.97 Å². The first kappa shape index (κ1) is 39.6. The highest BCUT2D eigenvalue weighted by Gasteiger charge is 2.28. The van der Waals surface area contributed by atoms with Crippen LogP contribution in [0.2, 0.25) is 0 Å². The van der Waals surface area contributed by atoms with Crippen LogP contribution < -0.4 is 19.5 Å². The molecule has 0 aliphatic carbocycles. The SMILES string of the molecule is CCOCc1cc(OC)c(-c2ccc(CC(NC(=O)c3c(F)cc(NS(=O)(=O)c4ccc(-c5ccnc(F)c5)cc4)cc3F)C(=O)O)c3nsnc23)c(OC)c1. The monoisotopic (exact) mass is 807 g/mol. The molecule has 2 heterocycles. The lowest BCUT2D eigenvalue weighted by atomic mass is 9.96. The maximum Gasteiger partial charge on any atom is 0.326 e. The van der Waals surface area contributed by atoms with Crippen LogP contribution in [0.4, 0.5) is 18.9 Å². The third-order valence-electron chi connectivity index (χ3n) is 8.58. The third-order valence-corrected chi connectivity index (χ3v) is 10.5. The third kappa shape index (κ3) is 8.41. The number of carboxylic acid groups (broad SMARTS) is 1. The molecule has 1 unspecified atom stereocenters. The lowest BCUT2D eigenvalue weighted by molar-refractivity contribution is -0.139. The first-order chi connectivity index (χ1) is 26.8. The summed E-state index contributed by atoms with van der Waals surface area (Å²) in [5, 5.41) is 12.2. The molecule has 4 aromatic carbocycles. The number of hydrogen-bond donors (Lipinski definition) is 3. The minimum absolute atomic E-state index is 0.270. The number of amides is 1. The van der Waals surface area contributed by atoms with Gasteiger partial charge in [-0.1, -0.05) is 24.3 Å². The van der Waals surface area contributed by atoms with Crippen molar-refractivity contribution in [3.63, 3.8) is 0 Å². The number of fused-ring (bicyclic) bond motifs is 1. The van der Waals surface area contributed by atoms with Gasteiger partial charge in [-0.15, -0.1) is 0 Å². The maximum atomic E-state index is 15.3. The van der Waals surface area contributed by atoms with E-state index in [-0.39, 0.29) is 11.3 Å². The van der Waals surface area contributed by atoms with Gasteiger partial charge < -0.3 is 24.6 Å². The van der Waals surface area contributed by atoms with Crippen LogP contribution in [0.5, 0.6) is 11.5 Å². The van der Waals surface area contributed by atoms with Gasteiger partial charge in [0.15, 0.2) is 0 Å². The van der Waals surface area contributed by atoms with E-state index in [4.69, 9.17) is 14.2 Å². The fourth-order valence-electron chi connectivity index (χ4n) is 5.94. The summed E-state index contributed by atoms with van der Waals surface area (Å²) >= 11 is 0.872. The summed E-state index contributed by atoms with van der Waals surface area (Å²) in [4.78, 5) is 28.8. The number of sulfonamides is 1. The highest BCUT2D eigenvalue weighted by molar-refractivity contribution is 7.92. The fraction of sp³-hybridized carbons (Fsp3) is 0.184. The number of rotatable bonds is 15. The number of anilines is 1. The van der Waals surface area contributed by atoms with Crippen LogP contribution in [0.3, 0.4) is 0 Å². The lowest BCUT2D eigenvalue weighted by Crippen LogP contribution is -2.43. The first-order valence-electron chi connectivity index (χ1n) is 16.7. The van der Waals surface area contributed by atoms with E-state index < -0.39 is 56.8 Å². The molecule has 0 bridgehead atoms. The van der Waals surface area contributed by atoms with Crippen LogP contribution in [-0.2, 0) is 32.6 Å². The number of nitrogens with zero attached hydrogens (tertiary/aromatic N) is 3. The summed E-state index contributed by atoms with van der Waals surface area (Å²) in [5.74, 6) is -5.59. The number of halogens is 3. The Bertz CT molecular complexity index is 2510. The second kappa shape index (κ2) is 16.7. The molecule has 18 heteroatoms. The number of benzene rings is 4. The minimum Gasteiger partial charge on any atom is -0.496 e. The average molecular weight is 808 g/mol. The molecule has 1 atom stereocenters. The Morgan fingerprint density at radius 2 is 1.54 bits per heavy atom. The topological polar surface area (TPSA) is 179 Å². The summed E-state index contributed by atoms with van der Waals surface area (Å²) in [6, 6.07) is 14.4. The molecule has 1 amide bonds. The smallest absolute Gasteiger partial charge is 0.326 e. The number of carbonyl (C=O) groups excluding carboxylic acids is 1. The van der Waals surface area contributed by atoms with Gasteiger partial charge in [0.25, 0.3) is 15.9 Å². The molecule has 6 rings (SSSR count). The van der Waals surface area contributed by atoms with Crippen molar-refractivity contribution in [1.82, 2.24) is 19.0 Å². The van der Waals surface area contributed by atoms with Gasteiger partial charge in [0.05, 0.1) is 48.7 Å². The Balaban J connectivity index is 1.21. The van der Waals surface area contributed by atoms with E-state index in [1.165, 1.54) is 56.8 Å². The number of carboxylic acids is 1. The molecule has 0 spiro atoms. The van der Waals surface area contributed by atoms with Crippen molar-refractivity contribution >= 4 is 50.3 Å². The number of carbonyl (C=O) groups is 2. The van der Waals surface area contributed by atoms with Crippen molar-refractivity contribution in [2.24, 2.45) is 0 Å². The predicted octanol–water partition coefficient (Wildman–Crippen LogP) is 6.62. The molecule has 13 nitrogen and oxygen atoms in total. The zero-order chi connectivity index (χ0) is 40.1. The number of pyridine rings is 1. The molecular weight excluding hydrogens is 776 g/mol. The number of methoxy groups -OCH3 is 2. The molecule has 0 saturated carbocycles. The fourth-order valence-corrected chi connectivity index (χ4v) is 7.57. The second-order valence-corrected chi connectivity index (χ2v) is 14.3. The largest absolute Gasteiger partial charge is 0.496 e. The Morgan fingerprint density at radius 3 is 2.14 bits per heavy atom. The molecule has 290 valence electrons. The van der Waals surface area contributed by atoms with Gasteiger partial charge in [0, 0.05) is 30.9 Å². The summed E-state index contributed by atoms with van der Waals surface area (Å²) in [5.41, 5.74) is 2.30. The second-order valence-electron chi connectivity index (χ2n) is 12.1. The summed E-state index contributed by atoms with van der Waals surface area (Å²) in [6.45, 7) is 2.71. The van der Waals surface area contributed by atoms with Gasteiger partial charge in [0.2, 0.25) is 5.95 Å². The van der Waals surface area contributed by atoms with Crippen molar-refractivity contribution < 1.29 is 50.5 Å². The van der Waals surface area contributed by atoms with Gasteiger partial charge in [0.1, 0.15) is 45.8 Å². The van der Waals surface area contributed by atoms with E-state index in [1.807, 2.05) is 6.92 Å². The lowest BCUT2D eigenvalue weighted by Gasteiger charge is -2.18. The van der Waals surface area contributed by atoms with Gasteiger partial charge in [-0.2, -0.15) is 13.1 Å². The van der Waals surface area contributed by atoms with Crippen LogP contribution in [-0.4, -0.2) is 66.0 Å². The zero-order valence-electron chi connectivity index (χ0n) is 29.8. The quantitative estimate of drug-likeness (QED) is 0.0951. The van der Waals surface area contributed by atoms with Gasteiger partial charge in [-0.25, -0.2) is 27.0 Å². The molecule has 3 N–H and O–H groups in total. The van der Waals surface area contributed by atoms with Crippen LogP contribution in [0.15, 0.2) is 83.9 Å². The minimum atomic E-state index is -4.38. The van der Waals surface area contributed by atoms with E-state index in [9.17, 15) is 27.5 Å². The number of aliphatic carboxylic acids is 1. The first-order valence-corrected chi connectivity index (χ1v) is 18.9. The van der Waals surface area contributed by atoms with Crippen molar-refractivity contribution in [3.8, 4) is 33.8 Å². The summed E-state index contributed by atoms with van der Waals surface area (Å²) < 4.78 is 98.0. The summed E-state index contributed by atoms with van der Waals surface area (Å²) in [7, 11) is -1.37. The molecular formula is C38H32F3N5O8S2. The molecule has 0 aliphatic rings. The van der Waals surface area contributed by atoms with Crippen LogP contribution in [0.1, 0.15) is 28.4 Å². The van der Waals surface area contributed by atoms with Crippen molar-refractivity contribution in [3.05, 3.63) is 113 Å². The number of hydrogen-bond acceptors (Lipinski definition) is 11. The van der Waals surface area contributed by atoms with Gasteiger partial charge in [-0.05, 0) is 71.6 Å². The average Bonchev–Trinajstić information content (AvgIpc) is 3.67. The highest BCUT2D eigenvalue weighted by atomic mass is 32.2. The molecule has 0 aliphatic heterocycles. The van der Waals surface area contributed by atoms with E-state index in [0.717, 1.165) is 17.3 Å². The Kier molecular flexibility index (Phi) is 11.8. The Morgan fingerprint density at radius 1 is 0.875 bits per heavy atom.